The van der Waals surface area contributed by atoms with Crippen molar-refractivity contribution in [3.8, 4) is 0 Å². The molecule has 0 unspecified atom stereocenters. The second kappa shape index (κ2) is 4.15. The van der Waals surface area contributed by atoms with Gasteiger partial charge in [-0.05, 0) is 0 Å². The Balaban J connectivity index is 3.05. The Morgan fingerprint density at radius 3 is 2.67 bits per heavy atom. The van der Waals surface area contributed by atoms with Crippen LogP contribution in [-0.4, -0.2) is 36.2 Å². The molecule has 0 aliphatic carbocycles. The lowest BCUT2D eigenvalue weighted by Crippen LogP contribution is -2.08. The minimum atomic E-state index is -3.35. The maximum atomic E-state index is 13.3. The number of nitrogen functional groups attached to an aromatic ring is 1. The van der Waals surface area contributed by atoms with E-state index in [1.165, 1.54) is 0 Å². The van der Waals surface area contributed by atoms with Gasteiger partial charge in [0, 0.05) is 6.26 Å². The first-order valence-electron chi connectivity index (χ1n) is 4.14. The Kier molecular flexibility index (Phi) is 3.30. The number of hydrogen-bond donors (Lipinski definition) is 2. The van der Waals surface area contributed by atoms with E-state index in [4.69, 9.17) is 10.8 Å². The predicted octanol–water partition coefficient (Wildman–Crippen LogP) is -0.859. The molecule has 1 heterocycles. The van der Waals surface area contributed by atoms with Gasteiger partial charge < -0.3 is 10.8 Å². The zero-order valence-electron chi connectivity index (χ0n) is 8.14. The number of aliphatic hydroxyl groups is 1. The summed E-state index contributed by atoms with van der Waals surface area (Å²) < 4.78 is 36.2. The van der Waals surface area contributed by atoms with Gasteiger partial charge in [0.1, 0.15) is 5.69 Å². The highest BCUT2D eigenvalue weighted by Gasteiger charge is 2.18. The number of rotatable bonds is 4. The highest BCUT2D eigenvalue weighted by molar-refractivity contribution is 7.89. The van der Waals surface area contributed by atoms with Crippen molar-refractivity contribution in [2.75, 3.05) is 18.6 Å². The lowest BCUT2D eigenvalue weighted by Gasteiger charge is -1.98. The number of aromatic nitrogens is 2. The largest absolute Gasteiger partial charge is 0.394 e. The second-order valence-electron chi connectivity index (χ2n) is 3.16. The third kappa shape index (κ3) is 2.90. The lowest BCUT2D eigenvalue weighted by atomic mass is 10.4. The molecule has 0 saturated heterocycles. The summed E-state index contributed by atoms with van der Waals surface area (Å²) in [6, 6.07) is 0. The molecule has 8 heteroatoms. The minimum absolute atomic E-state index is 0.0342. The van der Waals surface area contributed by atoms with E-state index < -0.39 is 21.4 Å². The summed E-state index contributed by atoms with van der Waals surface area (Å²) in [5, 5.41) is 12.3. The Hall–Kier alpha value is -1.15. The van der Waals surface area contributed by atoms with E-state index in [0.29, 0.717) is 0 Å². The fourth-order valence-electron chi connectivity index (χ4n) is 1.11. The molecule has 0 aliphatic heterocycles. The van der Waals surface area contributed by atoms with Crippen molar-refractivity contribution in [2.24, 2.45) is 0 Å². The van der Waals surface area contributed by atoms with Gasteiger partial charge in [0.2, 0.25) is 0 Å². The van der Waals surface area contributed by atoms with Crippen LogP contribution in [0.5, 0.6) is 0 Å². The molecule has 1 aromatic heterocycles. The van der Waals surface area contributed by atoms with Crippen LogP contribution < -0.4 is 5.73 Å². The molecule has 0 radical (unpaired) electrons. The third-order valence-corrected chi connectivity index (χ3v) is 2.51. The van der Waals surface area contributed by atoms with Gasteiger partial charge in [-0.3, -0.25) is 0 Å². The monoisotopic (exact) mass is 237 g/mol. The molecule has 0 amide bonds. The molecule has 0 saturated carbocycles. The molecule has 15 heavy (non-hydrogen) atoms. The molecule has 0 bridgehead atoms. The van der Waals surface area contributed by atoms with Gasteiger partial charge in [-0.15, -0.1) is 0 Å². The number of nitrogens with two attached hydrogens (primary N) is 1. The van der Waals surface area contributed by atoms with Crippen molar-refractivity contribution in [1.82, 2.24) is 9.78 Å². The van der Waals surface area contributed by atoms with Crippen molar-refractivity contribution >= 4 is 15.7 Å². The van der Waals surface area contributed by atoms with Gasteiger partial charge in [0.15, 0.2) is 21.5 Å². The summed E-state index contributed by atoms with van der Waals surface area (Å²) in [6.45, 7) is -0.212. The molecule has 0 aliphatic rings. The zero-order chi connectivity index (χ0) is 11.6. The van der Waals surface area contributed by atoms with Crippen LogP contribution in [0.15, 0.2) is 0 Å². The first-order chi connectivity index (χ1) is 6.85. The van der Waals surface area contributed by atoms with Crippen molar-refractivity contribution in [2.45, 2.75) is 12.3 Å². The number of nitrogens with zero attached hydrogens (tertiary/aromatic N) is 2. The van der Waals surface area contributed by atoms with Crippen LogP contribution in [-0.2, 0) is 22.1 Å². The van der Waals surface area contributed by atoms with Gasteiger partial charge in [0.05, 0.1) is 18.9 Å². The van der Waals surface area contributed by atoms with Gasteiger partial charge in [-0.2, -0.15) is 5.10 Å². The topological polar surface area (TPSA) is 98.2 Å². The van der Waals surface area contributed by atoms with E-state index in [-0.39, 0.29) is 24.7 Å². The zero-order valence-corrected chi connectivity index (χ0v) is 8.96. The Bertz CT molecular complexity index is 454. The van der Waals surface area contributed by atoms with Crippen molar-refractivity contribution in [1.29, 1.82) is 0 Å². The molecule has 0 aromatic carbocycles. The molecule has 1 rings (SSSR count). The van der Waals surface area contributed by atoms with Crippen LogP contribution in [0.3, 0.4) is 0 Å². The normalized spacial score (nSPS) is 11.9. The van der Waals surface area contributed by atoms with Gasteiger partial charge in [-0.1, -0.05) is 0 Å². The Labute approximate surface area is 86.4 Å². The van der Waals surface area contributed by atoms with Crippen LogP contribution in [0.25, 0.3) is 0 Å². The van der Waals surface area contributed by atoms with Crippen molar-refractivity contribution in [3.05, 3.63) is 11.5 Å². The standard InChI is InChI=1S/C7H12FN3O3S/c1-15(13,14)4-5-6(8)7(9)11(10-5)2-3-12/h12H,2-4,9H2,1H3. The highest BCUT2D eigenvalue weighted by atomic mass is 32.2. The van der Waals surface area contributed by atoms with Gasteiger partial charge >= 0.3 is 0 Å². The Morgan fingerprint density at radius 2 is 2.20 bits per heavy atom. The highest BCUT2D eigenvalue weighted by Crippen LogP contribution is 2.16. The smallest absolute Gasteiger partial charge is 0.189 e. The molecule has 86 valence electrons. The van der Waals surface area contributed by atoms with Crippen molar-refractivity contribution < 1.29 is 17.9 Å². The summed E-state index contributed by atoms with van der Waals surface area (Å²) >= 11 is 0. The maximum Gasteiger partial charge on any atom is 0.189 e. The molecular weight excluding hydrogens is 225 g/mol. The number of hydrogen-bond acceptors (Lipinski definition) is 5. The SMILES string of the molecule is CS(=O)(=O)Cc1nn(CCO)c(N)c1F. The summed E-state index contributed by atoms with van der Waals surface area (Å²) in [6.07, 6.45) is 0.980. The number of aliphatic hydroxyl groups excluding tert-OH is 1. The molecule has 1 aromatic rings. The molecule has 0 fully saturated rings. The molecule has 0 atom stereocenters. The number of sulfone groups is 1. The predicted molar refractivity (Wildman–Crippen MR) is 52.2 cm³/mol. The van der Waals surface area contributed by atoms with Crippen LogP contribution in [0.4, 0.5) is 10.2 Å². The summed E-state index contributed by atoms with van der Waals surface area (Å²) in [4.78, 5) is 0. The first-order valence-corrected chi connectivity index (χ1v) is 6.20. The van der Waals surface area contributed by atoms with E-state index >= 15 is 0 Å². The maximum absolute atomic E-state index is 13.3. The van der Waals surface area contributed by atoms with Crippen LogP contribution in [0, 0.1) is 5.82 Å². The minimum Gasteiger partial charge on any atom is -0.394 e. The van der Waals surface area contributed by atoms with E-state index in [0.717, 1.165) is 10.9 Å². The number of halogens is 1. The van der Waals surface area contributed by atoms with Crippen molar-refractivity contribution in [3.63, 3.8) is 0 Å². The van der Waals surface area contributed by atoms with Crippen LogP contribution >= 0.6 is 0 Å². The molecule has 6 nitrogen and oxygen atoms in total. The quantitative estimate of drug-likeness (QED) is 0.710. The molecule has 3 N–H and O–H groups in total. The van der Waals surface area contributed by atoms with E-state index in [1.54, 1.807) is 0 Å². The second-order valence-corrected chi connectivity index (χ2v) is 5.30. The van der Waals surface area contributed by atoms with Crippen LogP contribution in [0.1, 0.15) is 5.69 Å². The summed E-state index contributed by atoms with van der Waals surface area (Å²) in [5.74, 6) is -1.60. The first kappa shape index (κ1) is 11.9. The lowest BCUT2D eigenvalue weighted by molar-refractivity contribution is 0.270. The van der Waals surface area contributed by atoms with Gasteiger partial charge in [0.25, 0.3) is 0 Å². The van der Waals surface area contributed by atoms with E-state index in [2.05, 4.69) is 5.10 Å². The molecule has 0 spiro atoms. The van der Waals surface area contributed by atoms with Crippen LogP contribution in [0.2, 0.25) is 0 Å². The average Bonchev–Trinajstić information content (AvgIpc) is 2.32. The van der Waals surface area contributed by atoms with E-state index in [1.807, 2.05) is 0 Å². The third-order valence-electron chi connectivity index (χ3n) is 1.71. The number of anilines is 1. The average molecular weight is 237 g/mol. The fourth-order valence-corrected chi connectivity index (χ4v) is 1.79. The fraction of sp³-hybridized carbons (Fsp3) is 0.571. The van der Waals surface area contributed by atoms with Gasteiger partial charge in [-0.25, -0.2) is 17.5 Å². The summed E-state index contributed by atoms with van der Waals surface area (Å²) in [5.41, 5.74) is 5.11. The Morgan fingerprint density at radius 1 is 1.60 bits per heavy atom. The summed E-state index contributed by atoms with van der Waals surface area (Å²) in [7, 11) is -3.35. The molecular formula is C7H12FN3O3S. The van der Waals surface area contributed by atoms with E-state index in [9.17, 15) is 12.8 Å².